The van der Waals surface area contributed by atoms with E-state index in [1.54, 1.807) is 35.0 Å². The number of non-ortho nitro benzene ring substituents is 1. The first-order valence-corrected chi connectivity index (χ1v) is 8.83. The molecule has 142 valence electrons. The number of hydrogen-bond donors (Lipinski definition) is 1. The average Bonchev–Trinajstić information content (AvgIpc) is 3.24. The maximum absolute atomic E-state index is 11.0. The van der Waals surface area contributed by atoms with E-state index in [-0.39, 0.29) is 17.5 Å². The van der Waals surface area contributed by atoms with Gasteiger partial charge < -0.3 is 5.11 Å². The maximum Gasteiger partial charge on any atom is 0.269 e. The lowest BCUT2D eigenvalue weighted by Crippen LogP contribution is -2.18. The van der Waals surface area contributed by atoms with Crippen molar-refractivity contribution >= 4 is 17.1 Å². The van der Waals surface area contributed by atoms with Gasteiger partial charge >= 0.3 is 0 Å². The van der Waals surface area contributed by atoms with Gasteiger partial charge in [-0.1, -0.05) is 12.1 Å². The first-order chi connectivity index (χ1) is 13.4. The number of rotatable bonds is 4. The summed E-state index contributed by atoms with van der Waals surface area (Å²) in [7, 11) is 1.87. The van der Waals surface area contributed by atoms with Crippen molar-refractivity contribution in [2.45, 2.75) is 19.4 Å². The van der Waals surface area contributed by atoms with Crippen LogP contribution in [0.3, 0.4) is 0 Å². The number of phenolic OH excluding ortho intramolecular Hbond substituents is 1. The average molecular weight is 377 g/mol. The van der Waals surface area contributed by atoms with Crippen LogP contribution >= 0.6 is 0 Å². The van der Waals surface area contributed by atoms with Crippen molar-refractivity contribution in [1.82, 2.24) is 9.78 Å². The van der Waals surface area contributed by atoms with Crippen molar-refractivity contribution < 1.29 is 10.0 Å². The topological polar surface area (TPSA) is 96.8 Å². The summed E-state index contributed by atoms with van der Waals surface area (Å²) >= 11 is 0. The molecule has 28 heavy (non-hydrogen) atoms. The molecule has 1 N–H and O–H groups in total. The third-order valence-electron chi connectivity index (χ3n) is 4.83. The van der Waals surface area contributed by atoms with Crippen LogP contribution in [0.1, 0.15) is 29.3 Å². The molecule has 0 fully saturated rings. The van der Waals surface area contributed by atoms with Crippen LogP contribution in [-0.4, -0.2) is 25.5 Å². The molecule has 2 heterocycles. The molecule has 0 unspecified atom stereocenters. The molecule has 1 aliphatic rings. The predicted molar refractivity (Wildman–Crippen MR) is 106 cm³/mol. The van der Waals surface area contributed by atoms with Crippen molar-refractivity contribution in [3.05, 3.63) is 81.7 Å². The molecule has 2 aromatic carbocycles. The molecule has 0 amide bonds. The third kappa shape index (κ3) is 3.20. The molecule has 8 heteroatoms. The van der Waals surface area contributed by atoms with Gasteiger partial charge in [-0.15, -0.1) is 0 Å². The molecule has 3 aromatic rings. The van der Waals surface area contributed by atoms with Gasteiger partial charge in [-0.3, -0.25) is 19.8 Å². The maximum atomic E-state index is 11.0. The molecule has 0 spiro atoms. The number of aromatic nitrogens is 2. The minimum atomic E-state index is -0.419. The number of benzene rings is 2. The van der Waals surface area contributed by atoms with Crippen LogP contribution in [0.4, 0.5) is 11.4 Å². The number of hydrazone groups is 1. The molecule has 0 aliphatic carbocycles. The van der Waals surface area contributed by atoms with Gasteiger partial charge in [0.2, 0.25) is 0 Å². The summed E-state index contributed by atoms with van der Waals surface area (Å²) in [5.41, 5.74) is 4.42. The first kappa shape index (κ1) is 17.7. The zero-order chi connectivity index (χ0) is 19.8. The van der Waals surface area contributed by atoms with E-state index < -0.39 is 4.92 Å². The second kappa shape index (κ2) is 6.80. The zero-order valence-corrected chi connectivity index (χ0v) is 15.5. The van der Waals surface area contributed by atoms with Gasteiger partial charge in [0.05, 0.1) is 28.1 Å². The van der Waals surface area contributed by atoms with Crippen LogP contribution < -0.4 is 5.01 Å². The summed E-state index contributed by atoms with van der Waals surface area (Å²) in [6.45, 7) is 1.95. The standard InChI is InChI=1S/C20H19N5O3/c1-13-18(12-23(2)21-13)20-11-19(14-4-3-5-17(26)10-14)22-24(20)15-6-8-16(9-7-15)25(27)28/h3-10,12,20,26H,11H2,1-2H3/t20-/m1/s1. The Balaban J connectivity index is 1.77. The van der Waals surface area contributed by atoms with Gasteiger partial charge in [0, 0.05) is 42.9 Å². The van der Waals surface area contributed by atoms with Gasteiger partial charge in [0.25, 0.3) is 5.69 Å². The lowest BCUT2D eigenvalue weighted by molar-refractivity contribution is -0.384. The van der Waals surface area contributed by atoms with Crippen LogP contribution in [0, 0.1) is 17.0 Å². The number of nitro benzene ring substituents is 1. The van der Waals surface area contributed by atoms with Crippen LogP contribution in [0.2, 0.25) is 0 Å². The highest BCUT2D eigenvalue weighted by Crippen LogP contribution is 2.38. The highest BCUT2D eigenvalue weighted by atomic mass is 16.6. The molecule has 4 rings (SSSR count). The number of aryl methyl sites for hydroxylation is 2. The second-order valence-corrected chi connectivity index (χ2v) is 6.78. The van der Waals surface area contributed by atoms with Gasteiger partial charge in [0.1, 0.15) is 5.75 Å². The molecule has 0 saturated carbocycles. The van der Waals surface area contributed by atoms with Crippen molar-refractivity contribution in [1.29, 1.82) is 0 Å². The summed E-state index contributed by atoms with van der Waals surface area (Å²) in [5.74, 6) is 0.183. The van der Waals surface area contributed by atoms with Gasteiger partial charge in [-0.2, -0.15) is 10.2 Å². The summed E-state index contributed by atoms with van der Waals surface area (Å²) in [4.78, 5) is 10.5. The fourth-order valence-electron chi connectivity index (χ4n) is 3.52. The van der Waals surface area contributed by atoms with E-state index in [9.17, 15) is 15.2 Å². The molecule has 0 bridgehead atoms. The van der Waals surface area contributed by atoms with E-state index >= 15 is 0 Å². The van der Waals surface area contributed by atoms with Crippen LogP contribution in [0.25, 0.3) is 0 Å². The number of nitro groups is 1. The Bertz CT molecular complexity index is 1070. The minimum absolute atomic E-state index is 0.0363. The molecule has 1 atom stereocenters. The van der Waals surface area contributed by atoms with Crippen molar-refractivity contribution in [2.75, 3.05) is 5.01 Å². The highest BCUT2D eigenvalue weighted by Gasteiger charge is 2.32. The molecule has 8 nitrogen and oxygen atoms in total. The SMILES string of the molecule is Cc1nn(C)cc1[C@H]1CC(c2cccc(O)c2)=NN1c1ccc([N+](=O)[O-])cc1. The summed E-state index contributed by atoms with van der Waals surface area (Å²) in [6.07, 6.45) is 2.60. The molecule has 1 aliphatic heterocycles. The molecular formula is C20H19N5O3. The molecule has 1 aromatic heterocycles. The van der Waals surface area contributed by atoms with Crippen LogP contribution in [0.15, 0.2) is 59.8 Å². The first-order valence-electron chi connectivity index (χ1n) is 8.83. The third-order valence-corrected chi connectivity index (χ3v) is 4.83. The van der Waals surface area contributed by atoms with E-state index in [0.717, 1.165) is 28.2 Å². The van der Waals surface area contributed by atoms with E-state index in [4.69, 9.17) is 5.10 Å². The smallest absolute Gasteiger partial charge is 0.269 e. The highest BCUT2D eigenvalue weighted by molar-refractivity contribution is 6.03. The molecule has 0 saturated heterocycles. The quantitative estimate of drug-likeness (QED) is 0.552. The zero-order valence-electron chi connectivity index (χ0n) is 15.5. The largest absolute Gasteiger partial charge is 0.508 e. The Kier molecular flexibility index (Phi) is 4.31. The van der Waals surface area contributed by atoms with E-state index in [1.807, 2.05) is 31.2 Å². The fourth-order valence-corrected chi connectivity index (χ4v) is 3.52. The Hall–Kier alpha value is -3.68. The van der Waals surface area contributed by atoms with Crippen molar-refractivity contribution in [2.24, 2.45) is 12.1 Å². The van der Waals surface area contributed by atoms with Crippen molar-refractivity contribution in [3.63, 3.8) is 0 Å². The molecular weight excluding hydrogens is 358 g/mol. The Labute approximate surface area is 161 Å². The van der Waals surface area contributed by atoms with E-state index in [2.05, 4.69) is 5.10 Å². The Morgan fingerprint density at radius 3 is 2.57 bits per heavy atom. The number of hydrogen-bond acceptors (Lipinski definition) is 6. The summed E-state index contributed by atoms with van der Waals surface area (Å²) < 4.78 is 1.77. The number of phenols is 1. The van der Waals surface area contributed by atoms with Gasteiger partial charge in [0.15, 0.2) is 0 Å². The summed E-state index contributed by atoms with van der Waals surface area (Å²) in [6, 6.07) is 13.3. The Morgan fingerprint density at radius 2 is 1.96 bits per heavy atom. The Morgan fingerprint density at radius 1 is 1.21 bits per heavy atom. The lowest BCUT2D eigenvalue weighted by atomic mass is 9.98. The summed E-state index contributed by atoms with van der Waals surface area (Å²) in [5, 5.41) is 31.9. The van der Waals surface area contributed by atoms with Gasteiger partial charge in [-0.05, 0) is 31.2 Å². The normalized spacial score (nSPS) is 16.3. The second-order valence-electron chi connectivity index (χ2n) is 6.78. The molecule has 0 radical (unpaired) electrons. The number of nitrogens with zero attached hydrogens (tertiary/aromatic N) is 5. The fraction of sp³-hybridized carbons (Fsp3) is 0.200. The van der Waals surface area contributed by atoms with Crippen molar-refractivity contribution in [3.8, 4) is 5.75 Å². The van der Waals surface area contributed by atoms with E-state index in [0.29, 0.717) is 6.42 Å². The lowest BCUT2D eigenvalue weighted by Gasteiger charge is -2.23. The minimum Gasteiger partial charge on any atom is -0.508 e. The van der Waals surface area contributed by atoms with Crippen LogP contribution in [-0.2, 0) is 7.05 Å². The number of aromatic hydroxyl groups is 1. The van der Waals surface area contributed by atoms with E-state index in [1.165, 1.54) is 12.1 Å². The van der Waals surface area contributed by atoms with Crippen LogP contribution in [0.5, 0.6) is 5.75 Å². The predicted octanol–water partition coefficient (Wildman–Crippen LogP) is 3.70. The number of anilines is 1. The van der Waals surface area contributed by atoms with Gasteiger partial charge in [-0.25, -0.2) is 0 Å². The monoisotopic (exact) mass is 377 g/mol.